The number of rotatable bonds is 40. The molecule has 14 aromatic rings. The molecule has 0 aliphatic rings. The van der Waals surface area contributed by atoms with Crippen LogP contribution in [0.5, 0.6) is 0 Å². The highest BCUT2D eigenvalue weighted by atomic mass is 32.1. The highest BCUT2D eigenvalue weighted by molar-refractivity contribution is 7.10. The van der Waals surface area contributed by atoms with Gasteiger partial charge in [-0.05, 0) is 207 Å². The fraction of sp³-hybridized carbons (Fsp3) is 0.269. The summed E-state index contributed by atoms with van der Waals surface area (Å²) >= 11 is 6.24. The number of carbonyl (C=O) groups excluding carboxylic acids is 7. The van der Waals surface area contributed by atoms with Crippen LogP contribution in [0.3, 0.4) is 0 Å². The van der Waals surface area contributed by atoms with E-state index in [1.165, 1.54) is 17.4 Å². The Balaban J connectivity index is 0.000000189. The van der Waals surface area contributed by atoms with Gasteiger partial charge in [0.25, 0.3) is 0 Å². The number of benzene rings is 4. The number of ether oxygens (including phenoxy) is 2. The maximum absolute atomic E-state index is 13.5. The zero-order valence-corrected chi connectivity index (χ0v) is 76.6. The summed E-state index contributed by atoms with van der Waals surface area (Å²) in [5.41, 5.74) is 24.8. The first-order valence-electron chi connectivity index (χ1n) is 42.8. The van der Waals surface area contributed by atoms with Crippen LogP contribution in [0.25, 0.3) is 0 Å². The first kappa shape index (κ1) is 104. The summed E-state index contributed by atoms with van der Waals surface area (Å²) in [6.07, 6.45) is 25.0. The van der Waals surface area contributed by atoms with Gasteiger partial charge in [0, 0.05) is 129 Å². The topological polar surface area (TPSA) is 375 Å². The average molecular weight is 1850 g/mol. The average Bonchev–Trinajstić information content (AvgIpc) is 1.73. The monoisotopic (exact) mass is 1840 g/mol. The molecule has 0 radical (unpaired) electrons. The Labute approximate surface area is 780 Å². The van der Waals surface area contributed by atoms with Gasteiger partial charge in [0.1, 0.15) is 64.5 Å². The fourth-order valence-electron chi connectivity index (χ4n) is 13.3. The number of carbonyl (C=O) groups is 7. The molecule has 684 valence electrons. The molecule has 0 aliphatic heterocycles. The first-order chi connectivity index (χ1) is 63.8. The molecule has 0 amide bonds. The lowest BCUT2D eigenvalue weighted by Crippen LogP contribution is -2.38. The molecule has 10 aromatic heterocycles. The molecule has 2 unspecified atom stereocenters. The minimum atomic E-state index is -1.16. The van der Waals surface area contributed by atoms with Crippen molar-refractivity contribution in [3.8, 4) is 0 Å². The van der Waals surface area contributed by atoms with Crippen LogP contribution in [0.1, 0.15) is 152 Å². The number of aliphatic hydroxyl groups is 4. The number of aliphatic hydroxyl groups excluding tert-OH is 4. The van der Waals surface area contributed by atoms with Crippen molar-refractivity contribution in [1.82, 2.24) is 24.9 Å². The van der Waals surface area contributed by atoms with Crippen LogP contribution >= 0.6 is 45.3 Å². The van der Waals surface area contributed by atoms with Crippen molar-refractivity contribution in [2.75, 3.05) is 46.1 Å². The quantitative estimate of drug-likeness (QED) is 0.0175. The Bertz CT molecular complexity index is 4960. The van der Waals surface area contributed by atoms with Gasteiger partial charge < -0.3 is 51.5 Å². The van der Waals surface area contributed by atoms with Crippen molar-refractivity contribution in [3.05, 3.63) is 407 Å². The smallest absolute Gasteiger partial charge is 0.318 e. The van der Waals surface area contributed by atoms with Crippen molar-refractivity contribution < 1.29 is 72.3 Å². The van der Waals surface area contributed by atoms with Gasteiger partial charge in [0.2, 0.25) is 0 Å². The van der Waals surface area contributed by atoms with Gasteiger partial charge in [-0.15, -0.1) is 22.7 Å². The molecule has 27 heteroatoms. The van der Waals surface area contributed by atoms with Crippen molar-refractivity contribution >= 4 is 86.2 Å². The Morgan fingerprint density at radius 3 is 1.07 bits per heavy atom. The van der Waals surface area contributed by atoms with E-state index in [1.54, 1.807) is 171 Å². The van der Waals surface area contributed by atoms with Gasteiger partial charge in [-0.2, -0.15) is 22.7 Å². The third-order valence-corrected chi connectivity index (χ3v) is 24.7. The van der Waals surface area contributed by atoms with Crippen LogP contribution < -0.4 is 17.2 Å². The Morgan fingerprint density at radius 1 is 0.374 bits per heavy atom. The van der Waals surface area contributed by atoms with Gasteiger partial charge >= 0.3 is 11.9 Å². The van der Waals surface area contributed by atoms with E-state index in [0.29, 0.717) is 81.3 Å². The zero-order chi connectivity index (χ0) is 93.7. The number of ketones is 5. The molecule has 7 atom stereocenters. The van der Waals surface area contributed by atoms with E-state index in [9.17, 15) is 58.4 Å². The molecule has 0 aliphatic carbocycles. The van der Waals surface area contributed by atoms with Crippen LogP contribution in [0.2, 0.25) is 0 Å². The SMILES string of the molecule is CC(CO)(C(=O)OCc1ccccc1)c1ccccc1.CC(CO)(C(=O)OCc1ccccc1F)c1ccccc1.NC[C@@H](C(=O)CCc1cccnc1)c1ccco1.NC[C@@H](C(=O)CCc1cccnc1)c1cccs1.NC[C@@H](C(=O)CCc1cccnc1)c1ccsc1.O=C(CCc1cccnc1)[C@@H](CO)c1cccs1.O=C(CCc1cccnc1)[C@@H](CO)c1ccsc1. The third-order valence-electron chi connectivity index (χ3n) is 21.4. The second kappa shape index (κ2) is 58.3. The van der Waals surface area contributed by atoms with Crippen molar-refractivity contribution in [2.45, 2.75) is 132 Å². The van der Waals surface area contributed by atoms with E-state index < -0.39 is 28.6 Å². The van der Waals surface area contributed by atoms with E-state index in [0.717, 1.165) is 72.7 Å². The molecular formula is C104H113FN8O14S4. The maximum atomic E-state index is 13.5. The number of nitrogens with zero attached hydrogens (tertiary/aromatic N) is 5. The van der Waals surface area contributed by atoms with E-state index in [1.807, 2.05) is 196 Å². The Hall–Kier alpha value is -12.4. The summed E-state index contributed by atoms with van der Waals surface area (Å²) in [5, 5.41) is 49.6. The van der Waals surface area contributed by atoms with Gasteiger partial charge in [-0.1, -0.05) is 152 Å². The molecule has 0 spiro atoms. The van der Waals surface area contributed by atoms with Crippen LogP contribution in [0, 0.1) is 5.82 Å². The number of furan rings is 1. The first-order valence-corrected chi connectivity index (χ1v) is 46.4. The number of hydrogen-bond acceptors (Lipinski definition) is 26. The third kappa shape index (κ3) is 34.8. The lowest BCUT2D eigenvalue weighted by Gasteiger charge is -2.25. The maximum Gasteiger partial charge on any atom is 0.318 e. The number of pyridine rings is 5. The van der Waals surface area contributed by atoms with Gasteiger partial charge in [-0.25, -0.2) is 4.39 Å². The molecular weight excluding hydrogens is 1730 g/mol. The summed E-state index contributed by atoms with van der Waals surface area (Å²) in [6, 6.07) is 68.1. The van der Waals surface area contributed by atoms with Gasteiger partial charge in [-0.3, -0.25) is 58.5 Å². The summed E-state index contributed by atoms with van der Waals surface area (Å²) in [4.78, 5) is 107. The van der Waals surface area contributed by atoms with Gasteiger partial charge in [0.15, 0.2) is 0 Å². The molecule has 131 heavy (non-hydrogen) atoms. The van der Waals surface area contributed by atoms with E-state index >= 15 is 0 Å². The lowest BCUT2D eigenvalue weighted by molar-refractivity contribution is -0.154. The molecule has 0 fully saturated rings. The minimum Gasteiger partial charge on any atom is -0.469 e. The standard InChI is InChI=1S/C17H17FO3.C17H18O3.C14H16N2O2.2C14H16N2OS.2C14H15NO2S/c1-17(12-19,14-8-3-2-4-9-14)16(20)21-11-13-7-5-6-10-15(13)18;1-17(13-18,15-10-6-3-7-11-15)16(19)20-12-14-8-4-2-5-9-14;2*15-9-12(14-4-2-8-18-14)13(17)6-5-11-3-1-7-16-10-11;15-8-13(12-5-7-18-10-12)14(17)4-3-11-2-1-6-16-9-11;16-10-12(14-4-2-8-18-14)13(17)6-5-11-3-1-7-15-9-11;16-9-13(12-5-7-18-10-12)14(17)4-3-11-2-1-6-15-8-11/h2-10,19H,11-12H2,1H3;2-11,18H,12-13H2,1H3;2*1-4,7-8,10,12H,5-6,9,15H2;1-2,5-7,9-10,13H,3-4,8,15H2;1-4,7-9,12,16H,5-6,10H2;1-2,5-8,10,13,16H,3-4,9H2/t;;2*12-;13-;12-;13-/m..00110/s1. The Kier molecular flexibility index (Phi) is 46.3. The predicted octanol–water partition coefficient (Wildman–Crippen LogP) is 17.0. The highest BCUT2D eigenvalue weighted by Crippen LogP contribution is 2.31. The molecule has 14 rings (SSSR count). The molecule has 0 bridgehead atoms. The molecule has 0 saturated carbocycles. The number of halogens is 1. The summed E-state index contributed by atoms with van der Waals surface area (Å²) in [5.74, 6) is -1.48. The number of esters is 2. The summed E-state index contributed by atoms with van der Waals surface area (Å²) < 4.78 is 29.3. The highest BCUT2D eigenvalue weighted by Gasteiger charge is 2.38. The fourth-order valence-corrected chi connectivity index (χ4v) is 16.5. The minimum absolute atomic E-state index is 0.0831. The van der Waals surface area contributed by atoms with Gasteiger partial charge in [0.05, 0.1) is 62.3 Å². The normalized spacial score (nSPS) is 12.7. The number of nitrogens with two attached hydrogens (primary N) is 3. The number of aromatic nitrogens is 5. The predicted molar refractivity (Wildman–Crippen MR) is 513 cm³/mol. The molecule has 10 N–H and O–H groups in total. The largest absolute Gasteiger partial charge is 0.469 e. The van der Waals surface area contributed by atoms with Crippen LogP contribution in [0.4, 0.5) is 4.39 Å². The second-order valence-electron chi connectivity index (χ2n) is 30.6. The van der Waals surface area contributed by atoms with Crippen molar-refractivity contribution in [2.24, 2.45) is 17.2 Å². The van der Waals surface area contributed by atoms with Crippen LogP contribution in [-0.2, 0) is 99.2 Å². The lowest BCUT2D eigenvalue weighted by atomic mass is 9.83. The molecule has 0 saturated heterocycles. The van der Waals surface area contributed by atoms with Crippen LogP contribution in [-0.4, -0.2) is 132 Å². The summed E-state index contributed by atoms with van der Waals surface area (Å²) in [6.45, 7) is 3.47. The van der Waals surface area contributed by atoms with Crippen molar-refractivity contribution in [1.29, 1.82) is 0 Å². The van der Waals surface area contributed by atoms with E-state index in [-0.39, 0.29) is 105 Å². The van der Waals surface area contributed by atoms with Crippen LogP contribution in [0.15, 0.2) is 329 Å². The van der Waals surface area contributed by atoms with E-state index in [4.69, 9.17) is 31.1 Å². The number of Topliss-reactive ketones (excluding diaryl/α,β-unsaturated/α-hetero) is 5. The van der Waals surface area contributed by atoms with E-state index in [2.05, 4.69) is 24.9 Å². The molecule has 10 heterocycles. The number of thiophene rings is 4. The second-order valence-corrected chi connectivity index (χ2v) is 34.1. The summed E-state index contributed by atoms with van der Waals surface area (Å²) in [7, 11) is 0. The molecule has 4 aromatic carbocycles. The molecule has 22 nitrogen and oxygen atoms in total. The number of aryl methyl sites for hydroxylation is 5. The number of hydrogen-bond donors (Lipinski definition) is 7. The zero-order valence-electron chi connectivity index (χ0n) is 73.3. The Morgan fingerprint density at radius 2 is 0.725 bits per heavy atom. The van der Waals surface area contributed by atoms with Crippen molar-refractivity contribution in [3.63, 3.8) is 0 Å².